The van der Waals surface area contributed by atoms with Crippen molar-refractivity contribution in [2.75, 3.05) is 6.61 Å². The molecule has 1 aromatic heterocycles. The van der Waals surface area contributed by atoms with E-state index in [0.717, 1.165) is 47.9 Å². The van der Waals surface area contributed by atoms with Crippen LogP contribution in [0.25, 0.3) is 10.9 Å². The first-order valence-electron chi connectivity index (χ1n) is 10.7. The zero-order chi connectivity index (χ0) is 20.0. The van der Waals surface area contributed by atoms with Crippen molar-refractivity contribution in [3.8, 4) is 0 Å². The highest BCUT2D eigenvalue weighted by Gasteiger charge is 2.51. The van der Waals surface area contributed by atoms with Gasteiger partial charge in [0.1, 0.15) is 5.69 Å². The van der Waals surface area contributed by atoms with Crippen LogP contribution in [0.15, 0.2) is 24.3 Å². The van der Waals surface area contributed by atoms with Crippen molar-refractivity contribution >= 4 is 10.9 Å². The lowest BCUT2D eigenvalue weighted by Gasteiger charge is -2.57. The Labute approximate surface area is 169 Å². The van der Waals surface area contributed by atoms with Crippen molar-refractivity contribution in [3.05, 3.63) is 40.1 Å². The van der Waals surface area contributed by atoms with Crippen LogP contribution in [0.4, 0.5) is 0 Å². The minimum absolute atomic E-state index is 0.0323. The van der Waals surface area contributed by atoms with E-state index in [-0.39, 0.29) is 12.1 Å². The summed E-state index contributed by atoms with van der Waals surface area (Å²) in [7, 11) is 0. The van der Waals surface area contributed by atoms with Gasteiger partial charge in [-0.25, -0.2) is 0 Å². The van der Waals surface area contributed by atoms with Crippen LogP contribution in [-0.2, 0) is 11.4 Å². The second kappa shape index (κ2) is 7.25. The van der Waals surface area contributed by atoms with Crippen LogP contribution in [0, 0.1) is 27.9 Å². The second-order valence-electron chi connectivity index (χ2n) is 9.28. The van der Waals surface area contributed by atoms with Gasteiger partial charge in [-0.3, -0.25) is 10.00 Å². The summed E-state index contributed by atoms with van der Waals surface area (Å²) in [5.74, 6) is 2.41. The van der Waals surface area contributed by atoms with Gasteiger partial charge in [0, 0.05) is 17.5 Å². The largest absolute Gasteiger partial charge is 0.373 e. The Bertz CT molecular complexity index is 876. The molecule has 0 spiro atoms. The summed E-state index contributed by atoms with van der Waals surface area (Å²) >= 11 is 0. The number of nitrogens with zero attached hydrogens (tertiary/aromatic N) is 3. The molecular formula is C21H28N4O4. The molecule has 1 unspecified atom stereocenters. The number of aryl methyl sites for hydroxylation is 1. The van der Waals surface area contributed by atoms with Gasteiger partial charge in [-0.05, 0) is 68.8 Å². The Hall–Kier alpha value is -2.19. The maximum atomic E-state index is 11.1. The number of nitrogens with one attached hydrogen (secondary N) is 1. The number of hydrogen-bond acceptors (Lipinski definition) is 6. The van der Waals surface area contributed by atoms with E-state index in [1.807, 2.05) is 28.9 Å². The molecule has 8 heteroatoms. The second-order valence-corrected chi connectivity index (χ2v) is 9.28. The van der Waals surface area contributed by atoms with Gasteiger partial charge in [0.2, 0.25) is 0 Å². The number of aromatic nitrogens is 2. The quantitative estimate of drug-likeness (QED) is 0.305. The maximum Gasteiger partial charge on any atom is 0.294 e. The number of aliphatic hydroxyl groups excluding tert-OH is 1. The van der Waals surface area contributed by atoms with Gasteiger partial charge < -0.3 is 9.94 Å². The monoisotopic (exact) mass is 400 g/mol. The molecule has 6 rings (SSSR count). The molecule has 0 radical (unpaired) electrons. The average molecular weight is 400 g/mol. The van der Waals surface area contributed by atoms with Crippen LogP contribution in [0.5, 0.6) is 0 Å². The van der Waals surface area contributed by atoms with Crippen LogP contribution >= 0.6 is 0 Å². The lowest BCUT2D eigenvalue weighted by Crippen LogP contribution is -2.59. The summed E-state index contributed by atoms with van der Waals surface area (Å²) < 4.78 is 1.82. The van der Waals surface area contributed by atoms with Crippen molar-refractivity contribution in [3.63, 3.8) is 0 Å². The Balaban J connectivity index is 1.35. The number of benzene rings is 1. The Morgan fingerprint density at radius 3 is 2.55 bits per heavy atom. The van der Waals surface area contributed by atoms with E-state index in [0.29, 0.717) is 18.7 Å². The zero-order valence-corrected chi connectivity index (χ0v) is 16.5. The summed E-state index contributed by atoms with van der Waals surface area (Å²) in [5, 5.41) is 29.9. The van der Waals surface area contributed by atoms with E-state index in [1.165, 1.54) is 19.3 Å². The van der Waals surface area contributed by atoms with Crippen molar-refractivity contribution in [1.29, 1.82) is 0 Å². The molecule has 0 amide bonds. The van der Waals surface area contributed by atoms with E-state index >= 15 is 0 Å². The SMILES string of the molecule is O=[N+]([O-])OCCCn1nc(C(O)NC23CC4CC(CC(C4)C2)C3)c2ccccc21. The van der Waals surface area contributed by atoms with Crippen LogP contribution in [0.1, 0.15) is 56.9 Å². The summed E-state index contributed by atoms with van der Waals surface area (Å²) in [4.78, 5) is 14.7. The third kappa shape index (κ3) is 3.59. The summed E-state index contributed by atoms with van der Waals surface area (Å²) in [6, 6.07) is 7.84. The van der Waals surface area contributed by atoms with Crippen molar-refractivity contribution < 1.29 is 15.0 Å². The normalized spacial score (nSPS) is 31.3. The fourth-order valence-electron chi connectivity index (χ4n) is 6.52. The molecule has 1 heterocycles. The topological polar surface area (TPSA) is 102 Å². The lowest BCUT2D eigenvalue weighted by molar-refractivity contribution is -0.757. The fraction of sp³-hybridized carbons (Fsp3) is 0.667. The molecule has 156 valence electrons. The molecule has 0 saturated heterocycles. The van der Waals surface area contributed by atoms with Gasteiger partial charge in [-0.15, -0.1) is 10.1 Å². The summed E-state index contributed by atoms with van der Waals surface area (Å²) in [5.41, 5.74) is 1.61. The number of rotatable bonds is 8. The Morgan fingerprint density at radius 2 is 1.90 bits per heavy atom. The molecule has 1 atom stereocenters. The van der Waals surface area contributed by atoms with Gasteiger partial charge in [0.15, 0.2) is 6.23 Å². The zero-order valence-electron chi connectivity index (χ0n) is 16.5. The number of fused-ring (bicyclic) bond motifs is 1. The molecule has 4 aliphatic carbocycles. The predicted octanol–water partition coefficient (Wildman–Crippen LogP) is 3.18. The lowest BCUT2D eigenvalue weighted by atomic mass is 9.53. The predicted molar refractivity (Wildman–Crippen MR) is 106 cm³/mol. The van der Waals surface area contributed by atoms with Crippen LogP contribution < -0.4 is 5.32 Å². The van der Waals surface area contributed by atoms with E-state index in [1.54, 1.807) is 0 Å². The van der Waals surface area contributed by atoms with Gasteiger partial charge in [-0.1, -0.05) is 18.2 Å². The molecular weight excluding hydrogens is 372 g/mol. The first-order valence-corrected chi connectivity index (χ1v) is 10.7. The Morgan fingerprint density at radius 1 is 1.24 bits per heavy atom. The number of aliphatic hydroxyl groups is 1. The van der Waals surface area contributed by atoms with Crippen molar-refractivity contribution in [1.82, 2.24) is 15.1 Å². The molecule has 4 fully saturated rings. The summed E-state index contributed by atoms with van der Waals surface area (Å²) in [6.45, 7) is 0.531. The first-order chi connectivity index (χ1) is 14.0. The molecule has 2 N–H and O–H groups in total. The molecule has 4 bridgehead atoms. The van der Waals surface area contributed by atoms with Crippen LogP contribution in [-0.4, -0.2) is 32.1 Å². The highest BCUT2D eigenvalue weighted by molar-refractivity contribution is 5.82. The highest BCUT2D eigenvalue weighted by Crippen LogP contribution is 2.56. The van der Waals surface area contributed by atoms with E-state index in [4.69, 9.17) is 0 Å². The smallest absolute Gasteiger partial charge is 0.294 e. The molecule has 2 aromatic rings. The van der Waals surface area contributed by atoms with E-state index in [2.05, 4.69) is 15.3 Å². The number of hydrogen-bond donors (Lipinski definition) is 2. The minimum Gasteiger partial charge on any atom is -0.373 e. The van der Waals surface area contributed by atoms with E-state index in [9.17, 15) is 15.2 Å². The van der Waals surface area contributed by atoms with Crippen molar-refractivity contribution in [2.45, 2.75) is 63.3 Å². The third-order valence-electron chi connectivity index (χ3n) is 7.14. The molecule has 1 aromatic carbocycles. The maximum absolute atomic E-state index is 11.1. The molecule has 4 aliphatic rings. The van der Waals surface area contributed by atoms with Crippen LogP contribution in [0.3, 0.4) is 0 Å². The van der Waals surface area contributed by atoms with E-state index < -0.39 is 11.3 Å². The molecule has 8 nitrogen and oxygen atoms in total. The first kappa shape index (κ1) is 18.8. The minimum atomic E-state index is -0.813. The van der Waals surface area contributed by atoms with Gasteiger partial charge in [-0.2, -0.15) is 5.10 Å². The van der Waals surface area contributed by atoms with Gasteiger partial charge in [0.05, 0.1) is 12.1 Å². The fourth-order valence-corrected chi connectivity index (χ4v) is 6.52. The molecule has 29 heavy (non-hydrogen) atoms. The van der Waals surface area contributed by atoms with Gasteiger partial charge in [0.25, 0.3) is 5.09 Å². The van der Waals surface area contributed by atoms with Gasteiger partial charge >= 0.3 is 0 Å². The number of para-hydroxylation sites is 1. The third-order valence-corrected chi connectivity index (χ3v) is 7.14. The average Bonchev–Trinajstić information content (AvgIpc) is 3.03. The van der Waals surface area contributed by atoms with Crippen molar-refractivity contribution in [2.24, 2.45) is 17.8 Å². The standard InChI is InChI=1S/C21H28N4O4/c26-20(22-21-11-14-8-15(12-21)10-16(9-14)13-21)19-17-4-1-2-5-18(17)24(23-19)6-3-7-29-25(27)28/h1-2,4-5,14-16,20,22,26H,3,6-13H2. The Kier molecular flexibility index (Phi) is 4.70. The highest BCUT2D eigenvalue weighted by atomic mass is 16.9. The molecule has 4 saturated carbocycles. The van der Waals surface area contributed by atoms with Crippen LogP contribution in [0.2, 0.25) is 0 Å². The molecule has 0 aliphatic heterocycles. The summed E-state index contributed by atoms with van der Waals surface area (Å²) in [6.07, 6.45) is 7.23.